The summed E-state index contributed by atoms with van der Waals surface area (Å²) in [6.07, 6.45) is 0. The Kier molecular flexibility index (Phi) is 4.96. The molecular formula is C11H14N4O2. The molecule has 0 spiro atoms. The molecule has 1 aromatic carbocycles. The van der Waals surface area contributed by atoms with Gasteiger partial charge >= 0.3 is 5.91 Å². The molecule has 90 valence electrons. The van der Waals surface area contributed by atoms with Crippen LogP contribution in [0.25, 0.3) is 0 Å². The van der Waals surface area contributed by atoms with Gasteiger partial charge in [0.1, 0.15) is 5.71 Å². The van der Waals surface area contributed by atoms with E-state index in [9.17, 15) is 9.70 Å². The van der Waals surface area contributed by atoms with E-state index in [0.717, 1.165) is 0 Å². The summed E-state index contributed by atoms with van der Waals surface area (Å²) < 4.78 is 0. The summed E-state index contributed by atoms with van der Waals surface area (Å²) in [6.45, 7) is 0.976. The second-order valence-corrected chi connectivity index (χ2v) is 3.32. The van der Waals surface area contributed by atoms with E-state index >= 15 is 0 Å². The number of para-hydroxylation sites is 1. The van der Waals surface area contributed by atoms with Gasteiger partial charge in [-0.1, -0.05) is 18.2 Å². The largest absolute Gasteiger partial charge is 0.398 e. The van der Waals surface area contributed by atoms with Crippen LogP contribution in [-0.4, -0.2) is 31.8 Å². The molecule has 0 unspecified atom stereocenters. The minimum Gasteiger partial charge on any atom is -0.398 e. The fourth-order valence-electron chi connectivity index (χ4n) is 1.30. The van der Waals surface area contributed by atoms with Crippen LogP contribution in [-0.2, 0) is 4.79 Å². The van der Waals surface area contributed by atoms with Crippen molar-refractivity contribution in [3.05, 3.63) is 34.7 Å². The predicted octanol–water partition coefficient (Wildman–Crippen LogP) is 0.570. The third kappa shape index (κ3) is 3.46. The van der Waals surface area contributed by atoms with E-state index < -0.39 is 5.91 Å². The first-order valence-corrected chi connectivity index (χ1v) is 5.12. The fraction of sp³-hybridized carbons (Fsp3) is 0.273. The molecule has 17 heavy (non-hydrogen) atoms. The van der Waals surface area contributed by atoms with E-state index in [1.54, 1.807) is 31.3 Å². The van der Waals surface area contributed by atoms with Crippen molar-refractivity contribution in [2.75, 3.05) is 25.9 Å². The van der Waals surface area contributed by atoms with Gasteiger partial charge in [-0.15, -0.1) is 4.91 Å². The lowest BCUT2D eigenvalue weighted by atomic mass is 10.1. The van der Waals surface area contributed by atoms with Gasteiger partial charge in [0.05, 0.1) is 6.54 Å². The van der Waals surface area contributed by atoms with Crippen LogP contribution in [0.15, 0.2) is 34.4 Å². The van der Waals surface area contributed by atoms with E-state index in [-0.39, 0.29) is 5.71 Å². The molecule has 0 aromatic heterocycles. The van der Waals surface area contributed by atoms with E-state index in [2.05, 4.69) is 15.5 Å². The Morgan fingerprint density at radius 1 is 1.41 bits per heavy atom. The molecule has 0 aliphatic heterocycles. The van der Waals surface area contributed by atoms with Crippen LogP contribution in [0.1, 0.15) is 5.56 Å². The maximum atomic E-state index is 11.4. The van der Waals surface area contributed by atoms with Crippen molar-refractivity contribution >= 4 is 17.3 Å². The van der Waals surface area contributed by atoms with Crippen molar-refractivity contribution in [2.24, 2.45) is 10.2 Å². The second-order valence-electron chi connectivity index (χ2n) is 3.32. The molecule has 0 saturated carbocycles. The number of amides is 1. The average molecular weight is 234 g/mol. The Bertz CT molecular complexity index is 443. The zero-order valence-corrected chi connectivity index (χ0v) is 9.51. The Morgan fingerprint density at radius 3 is 2.71 bits per heavy atom. The minimum absolute atomic E-state index is 0.00773. The Labute approximate surface area is 98.9 Å². The van der Waals surface area contributed by atoms with E-state index in [4.69, 9.17) is 5.73 Å². The molecule has 0 bridgehead atoms. The third-order valence-electron chi connectivity index (χ3n) is 2.13. The monoisotopic (exact) mass is 234 g/mol. The first-order chi connectivity index (χ1) is 8.20. The number of hydrogen-bond donors (Lipinski definition) is 2. The maximum absolute atomic E-state index is 11.4. The quantitative estimate of drug-likeness (QED) is 0.337. The van der Waals surface area contributed by atoms with E-state index in [0.29, 0.717) is 24.3 Å². The average Bonchev–Trinajstić information content (AvgIpc) is 2.35. The van der Waals surface area contributed by atoms with Crippen molar-refractivity contribution < 1.29 is 4.79 Å². The highest BCUT2D eigenvalue weighted by atomic mass is 16.3. The summed E-state index contributed by atoms with van der Waals surface area (Å²) in [6, 6.07) is 6.73. The summed E-state index contributed by atoms with van der Waals surface area (Å²) in [4.78, 5) is 25.7. The van der Waals surface area contributed by atoms with Gasteiger partial charge in [0.25, 0.3) is 0 Å². The summed E-state index contributed by atoms with van der Waals surface area (Å²) in [5.74, 6) is -0.904. The molecule has 0 radical (unpaired) electrons. The van der Waals surface area contributed by atoms with Gasteiger partial charge in [-0.3, -0.25) is 9.79 Å². The van der Waals surface area contributed by atoms with Gasteiger partial charge in [-0.2, -0.15) is 0 Å². The van der Waals surface area contributed by atoms with Crippen molar-refractivity contribution in [1.82, 2.24) is 5.32 Å². The third-order valence-corrected chi connectivity index (χ3v) is 2.13. The minimum atomic E-state index is -0.904. The summed E-state index contributed by atoms with van der Waals surface area (Å²) in [7, 11) is 1.77. The lowest BCUT2D eigenvalue weighted by molar-refractivity contribution is -0.111. The topological polar surface area (TPSA) is 96.9 Å². The van der Waals surface area contributed by atoms with Crippen LogP contribution in [0.3, 0.4) is 0 Å². The molecule has 1 aromatic rings. The molecule has 0 aliphatic rings. The first-order valence-electron chi connectivity index (χ1n) is 5.12. The van der Waals surface area contributed by atoms with E-state index in [1.165, 1.54) is 0 Å². The Balaban J connectivity index is 3.06. The van der Waals surface area contributed by atoms with E-state index in [1.807, 2.05) is 0 Å². The normalized spacial score (nSPS) is 11.2. The van der Waals surface area contributed by atoms with Crippen LogP contribution in [0.2, 0.25) is 0 Å². The Hall–Kier alpha value is -2.08. The number of nitrogens with two attached hydrogens (primary N) is 1. The number of likely N-dealkylation sites (N-methyl/N-ethyl adjacent to an activating group) is 1. The standard InChI is InChI=1S/C11H14N4O2/c1-13-6-7-14-10(11(16)15-17)8-4-2-3-5-9(8)12/h2-5,13H,6-7,12H2,1H3. The van der Waals surface area contributed by atoms with Gasteiger partial charge in [0.15, 0.2) is 0 Å². The smallest absolute Gasteiger partial charge is 0.335 e. The lowest BCUT2D eigenvalue weighted by Crippen LogP contribution is -2.18. The molecule has 0 saturated heterocycles. The first kappa shape index (κ1) is 13.0. The number of nitroso groups, excluding NO2 is 1. The fourth-order valence-corrected chi connectivity index (χ4v) is 1.30. The summed E-state index contributed by atoms with van der Waals surface area (Å²) in [5, 5.41) is 5.28. The van der Waals surface area contributed by atoms with Gasteiger partial charge in [-0.25, -0.2) is 0 Å². The molecule has 0 aliphatic carbocycles. The van der Waals surface area contributed by atoms with Crippen LogP contribution >= 0.6 is 0 Å². The second kappa shape index (κ2) is 6.49. The number of rotatable bonds is 5. The summed E-state index contributed by atoms with van der Waals surface area (Å²) in [5.41, 5.74) is 6.57. The molecule has 6 heteroatoms. The van der Waals surface area contributed by atoms with Crippen LogP contribution in [0.4, 0.5) is 5.69 Å². The molecule has 0 atom stereocenters. The van der Waals surface area contributed by atoms with Crippen LogP contribution in [0.5, 0.6) is 0 Å². The number of anilines is 1. The molecule has 0 fully saturated rings. The number of nitrogen functional groups attached to an aromatic ring is 1. The maximum Gasteiger partial charge on any atom is 0.335 e. The van der Waals surface area contributed by atoms with Crippen molar-refractivity contribution in [3.63, 3.8) is 0 Å². The van der Waals surface area contributed by atoms with Gasteiger partial charge in [0.2, 0.25) is 0 Å². The predicted molar refractivity (Wildman–Crippen MR) is 67.0 cm³/mol. The number of benzene rings is 1. The van der Waals surface area contributed by atoms with Crippen molar-refractivity contribution in [2.45, 2.75) is 0 Å². The highest BCUT2D eigenvalue weighted by Crippen LogP contribution is 2.12. The van der Waals surface area contributed by atoms with Crippen molar-refractivity contribution in [1.29, 1.82) is 0 Å². The lowest BCUT2D eigenvalue weighted by Gasteiger charge is -2.05. The van der Waals surface area contributed by atoms with Gasteiger partial charge in [0, 0.05) is 23.0 Å². The number of nitrogens with one attached hydrogen (secondary N) is 1. The number of nitrogens with zero attached hydrogens (tertiary/aromatic N) is 2. The zero-order chi connectivity index (χ0) is 12.7. The summed E-state index contributed by atoms with van der Waals surface area (Å²) >= 11 is 0. The number of aliphatic imine (C=N–C) groups is 1. The molecule has 3 N–H and O–H groups in total. The highest BCUT2D eigenvalue weighted by Gasteiger charge is 2.16. The molecule has 6 nitrogen and oxygen atoms in total. The number of hydrogen-bond acceptors (Lipinski definition) is 5. The highest BCUT2D eigenvalue weighted by molar-refractivity contribution is 6.46. The molecule has 1 amide bonds. The van der Waals surface area contributed by atoms with Crippen molar-refractivity contribution in [3.8, 4) is 0 Å². The van der Waals surface area contributed by atoms with Gasteiger partial charge in [-0.05, 0) is 13.1 Å². The molecular weight excluding hydrogens is 220 g/mol. The number of carbonyl (C=O) groups excluding carboxylic acids is 1. The van der Waals surface area contributed by atoms with Crippen LogP contribution in [0, 0.1) is 4.91 Å². The van der Waals surface area contributed by atoms with Gasteiger partial charge < -0.3 is 11.1 Å². The number of carbonyl (C=O) groups is 1. The zero-order valence-electron chi connectivity index (χ0n) is 9.51. The van der Waals surface area contributed by atoms with Crippen LogP contribution < -0.4 is 11.1 Å². The Morgan fingerprint density at radius 2 is 2.12 bits per heavy atom. The molecule has 1 rings (SSSR count). The SMILES string of the molecule is CNCCN=C(C(=O)N=O)c1ccccc1N. The molecule has 0 heterocycles.